The summed E-state index contributed by atoms with van der Waals surface area (Å²) in [6.45, 7) is 1.56. The first-order valence-electron chi connectivity index (χ1n) is 15.2. The van der Waals surface area contributed by atoms with E-state index in [4.69, 9.17) is 4.74 Å². The second-order valence-corrected chi connectivity index (χ2v) is 12.3. The lowest BCUT2D eigenvalue weighted by Gasteiger charge is -2.30. The summed E-state index contributed by atoms with van der Waals surface area (Å²) in [7, 11) is 1.39. The predicted octanol–water partition coefficient (Wildman–Crippen LogP) is 7.44. The number of fused-ring (bicyclic) bond motifs is 2. The van der Waals surface area contributed by atoms with Crippen LogP contribution in [0.2, 0.25) is 0 Å². The maximum Gasteiger partial charge on any atom is 0.419 e. The van der Waals surface area contributed by atoms with Crippen LogP contribution in [-0.4, -0.2) is 30.1 Å². The van der Waals surface area contributed by atoms with Crippen molar-refractivity contribution in [3.8, 4) is 16.9 Å². The average molecular weight is 641 g/mol. The highest BCUT2D eigenvalue weighted by Gasteiger charge is 2.55. The highest BCUT2D eigenvalue weighted by Crippen LogP contribution is 2.54. The summed E-state index contributed by atoms with van der Waals surface area (Å²) in [4.78, 5) is 27.7. The first kappa shape index (κ1) is 31.7. The number of carbonyl (C=O) groups excluding carboxylic acids is 2. The molecule has 5 atom stereocenters. The normalized spacial score (nSPS) is 23.8. The number of halogens is 5. The van der Waals surface area contributed by atoms with Gasteiger partial charge in [0.25, 0.3) is 5.91 Å². The molecular weight excluding hydrogens is 607 g/mol. The molecular formula is C35H33F5N2O4. The van der Waals surface area contributed by atoms with Crippen LogP contribution in [0.15, 0.2) is 66.2 Å². The molecule has 46 heavy (non-hydrogen) atoms. The standard InChI is InChI=1S/C35H33F5N2O4/c1-17(43)19-5-10-28(36)24(14-19)20-6-12-30(46-2)26(15-20)33(44)42-32-23-9-8-22(25(23)13-18-3-4-18)31(32)34(45)41-21-7-11-29(37)27(16-21)35(38,39)40/h5-7,10-18,22-23,31-32,43H,3-4,8-9H2,1-2H3,(H,41,45)(H,42,44)/b25-13-/t17?,22?,23?,31-,32?/m0/s1. The van der Waals surface area contributed by atoms with Gasteiger partial charge in [-0.1, -0.05) is 23.8 Å². The molecule has 2 bridgehead atoms. The van der Waals surface area contributed by atoms with Gasteiger partial charge in [0.1, 0.15) is 17.4 Å². The number of hydrogen-bond donors (Lipinski definition) is 3. The summed E-state index contributed by atoms with van der Waals surface area (Å²) >= 11 is 0. The van der Waals surface area contributed by atoms with Crippen LogP contribution in [0.3, 0.4) is 0 Å². The van der Waals surface area contributed by atoms with Gasteiger partial charge in [0.2, 0.25) is 5.91 Å². The number of ether oxygens (including phenoxy) is 1. The van der Waals surface area contributed by atoms with Crippen molar-refractivity contribution < 1.29 is 41.4 Å². The number of hydrogen-bond acceptors (Lipinski definition) is 4. The van der Waals surface area contributed by atoms with Crippen molar-refractivity contribution in [1.82, 2.24) is 5.32 Å². The minimum absolute atomic E-state index is 0.102. The zero-order valence-electron chi connectivity index (χ0n) is 25.1. The molecule has 11 heteroatoms. The Morgan fingerprint density at radius 2 is 1.67 bits per heavy atom. The smallest absolute Gasteiger partial charge is 0.419 e. The Morgan fingerprint density at radius 1 is 0.957 bits per heavy atom. The molecule has 4 unspecified atom stereocenters. The van der Waals surface area contributed by atoms with Crippen LogP contribution in [0.25, 0.3) is 11.1 Å². The summed E-state index contributed by atoms with van der Waals surface area (Å²) in [6.07, 6.45) is -0.138. The number of rotatable bonds is 8. The SMILES string of the molecule is COc1ccc(-c2cc(C(C)O)ccc2F)cc1C(=O)NC1C2CCC(/C2=C/C2CC2)[C@@H]1C(=O)Nc1ccc(F)c(C(F)(F)F)c1. The second-order valence-electron chi connectivity index (χ2n) is 12.3. The molecule has 0 aliphatic heterocycles. The molecule has 6 nitrogen and oxygen atoms in total. The van der Waals surface area contributed by atoms with E-state index >= 15 is 0 Å². The first-order chi connectivity index (χ1) is 21.8. The van der Waals surface area contributed by atoms with Crippen LogP contribution in [0, 0.1) is 35.3 Å². The van der Waals surface area contributed by atoms with Crippen molar-refractivity contribution in [2.45, 2.75) is 50.9 Å². The summed E-state index contributed by atoms with van der Waals surface area (Å²) in [5, 5.41) is 15.6. The number of methoxy groups -OCH3 is 1. The first-order valence-corrected chi connectivity index (χ1v) is 15.2. The third-order valence-corrected chi connectivity index (χ3v) is 9.32. The molecule has 3 aromatic rings. The zero-order chi connectivity index (χ0) is 32.9. The Balaban J connectivity index is 1.32. The minimum Gasteiger partial charge on any atom is -0.496 e. The van der Waals surface area contributed by atoms with Gasteiger partial charge in [0, 0.05) is 23.2 Å². The van der Waals surface area contributed by atoms with Crippen LogP contribution >= 0.6 is 0 Å². The fourth-order valence-corrected chi connectivity index (χ4v) is 6.91. The maximum absolute atomic E-state index is 14.9. The van der Waals surface area contributed by atoms with Gasteiger partial charge in [-0.25, -0.2) is 8.78 Å². The number of allylic oxidation sites excluding steroid dienone is 1. The number of nitrogens with one attached hydrogen (secondary N) is 2. The maximum atomic E-state index is 14.9. The summed E-state index contributed by atoms with van der Waals surface area (Å²) in [5.74, 6) is -3.67. The third kappa shape index (κ3) is 6.12. The van der Waals surface area contributed by atoms with Crippen molar-refractivity contribution in [3.63, 3.8) is 0 Å². The fourth-order valence-electron chi connectivity index (χ4n) is 6.91. The van der Waals surface area contributed by atoms with E-state index in [0.717, 1.165) is 30.9 Å². The van der Waals surface area contributed by atoms with E-state index < -0.39 is 53.3 Å². The molecule has 0 saturated heterocycles. The molecule has 3 saturated carbocycles. The molecule has 3 aromatic carbocycles. The van der Waals surface area contributed by atoms with Crippen LogP contribution in [0.1, 0.15) is 60.2 Å². The van der Waals surface area contributed by atoms with Gasteiger partial charge in [-0.15, -0.1) is 0 Å². The van der Waals surface area contributed by atoms with E-state index in [9.17, 15) is 36.6 Å². The Kier molecular flexibility index (Phi) is 8.39. The Bertz CT molecular complexity index is 1720. The fraction of sp³-hybridized carbons (Fsp3) is 0.371. The van der Waals surface area contributed by atoms with Gasteiger partial charge < -0.3 is 20.5 Å². The van der Waals surface area contributed by atoms with Crippen molar-refractivity contribution in [1.29, 1.82) is 0 Å². The third-order valence-electron chi connectivity index (χ3n) is 9.32. The summed E-state index contributed by atoms with van der Waals surface area (Å²) in [6, 6.07) is 10.5. The van der Waals surface area contributed by atoms with Crippen LogP contribution in [0.5, 0.6) is 5.75 Å². The van der Waals surface area contributed by atoms with Gasteiger partial charge >= 0.3 is 6.18 Å². The Hall–Kier alpha value is -4.25. The molecule has 3 fully saturated rings. The molecule has 0 aromatic heterocycles. The van der Waals surface area contributed by atoms with E-state index in [2.05, 4.69) is 16.7 Å². The molecule has 6 rings (SSSR count). The van der Waals surface area contributed by atoms with Crippen LogP contribution in [-0.2, 0) is 11.0 Å². The molecule has 3 aliphatic carbocycles. The molecule has 2 amide bonds. The lowest BCUT2D eigenvalue weighted by molar-refractivity contribution is -0.140. The summed E-state index contributed by atoms with van der Waals surface area (Å²) < 4.78 is 74.4. The van der Waals surface area contributed by atoms with Crippen molar-refractivity contribution >= 4 is 17.5 Å². The van der Waals surface area contributed by atoms with Gasteiger partial charge in [-0.3, -0.25) is 9.59 Å². The van der Waals surface area contributed by atoms with Gasteiger partial charge in [0.05, 0.1) is 30.3 Å². The summed E-state index contributed by atoms with van der Waals surface area (Å²) in [5.41, 5.74) is 0.534. The van der Waals surface area contributed by atoms with E-state index in [0.29, 0.717) is 35.6 Å². The lowest BCUT2D eigenvalue weighted by Crippen LogP contribution is -2.48. The quantitative estimate of drug-likeness (QED) is 0.177. The molecule has 0 heterocycles. The predicted molar refractivity (Wildman–Crippen MR) is 161 cm³/mol. The molecule has 242 valence electrons. The van der Waals surface area contributed by atoms with Crippen LogP contribution in [0.4, 0.5) is 27.6 Å². The minimum atomic E-state index is -4.94. The molecule has 3 aliphatic rings. The largest absolute Gasteiger partial charge is 0.496 e. The van der Waals surface area contributed by atoms with Crippen LogP contribution < -0.4 is 15.4 Å². The number of aliphatic hydroxyl groups excluding tert-OH is 1. The van der Waals surface area contributed by atoms with E-state index in [1.165, 1.54) is 37.4 Å². The lowest BCUT2D eigenvalue weighted by atomic mass is 9.83. The number of benzene rings is 3. The number of anilines is 1. The molecule has 3 N–H and O–H groups in total. The van der Waals surface area contributed by atoms with E-state index in [-0.39, 0.29) is 34.4 Å². The molecule has 0 radical (unpaired) electrons. The molecule has 0 spiro atoms. The van der Waals surface area contributed by atoms with E-state index in [1.807, 2.05) is 0 Å². The van der Waals surface area contributed by atoms with Gasteiger partial charge in [-0.05, 0) is 98.0 Å². The highest BCUT2D eigenvalue weighted by atomic mass is 19.4. The van der Waals surface area contributed by atoms with Gasteiger partial charge in [0.15, 0.2) is 0 Å². The Morgan fingerprint density at radius 3 is 2.35 bits per heavy atom. The topological polar surface area (TPSA) is 87.7 Å². The van der Waals surface area contributed by atoms with Crippen molar-refractivity contribution in [2.75, 3.05) is 12.4 Å². The van der Waals surface area contributed by atoms with Crippen molar-refractivity contribution in [3.05, 3.63) is 94.6 Å². The zero-order valence-corrected chi connectivity index (χ0v) is 25.1. The monoisotopic (exact) mass is 640 g/mol. The number of aliphatic hydroxyl groups is 1. The second kappa shape index (κ2) is 12.2. The number of amides is 2. The Labute approximate surface area is 262 Å². The van der Waals surface area contributed by atoms with E-state index in [1.54, 1.807) is 13.0 Å². The average Bonchev–Trinajstić information content (AvgIpc) is 3.69. The van der Waals surface area contributed by atoms with Crippen molar-refractivity contribution in [2.24, 2.45) is 23.7 Å². The number of alkyl halides is 3. The van der Waals surface area contributed by atoms with Gasteiger partial charge in [-0.2, -0.15) is 13.2 Å². The number of carbonyl (C=O) groups is 2. The highest BCUT2D eigenvalue weighted by molar-refractivity contribution is 6.00.